The van der Waals surface area contributed by atoms with Crippen molar-refractivity contribution in [3.8, 4) is 40.1 Å². The summed E-state index contributed by atoms with van der Waals surface area (Å²) >= 11 is 7.30. The van der Waals surface area contributed by atoms with Crippen molar-refractivity contribution in [3.05, 3.63) is 131 Å². The van der Waals surface area contributed by atoms with Crippen LogP contribution in [0.25, 0.3) is 32.8 Å². The fraction of sp³-hybridized carbons (Fsp3) is 0.314. The molecule has 1 N–H and O–H groups in total. The Balaban J connectivity index is 1.11. The van der Waals surface area contributed by atoms with E-state index in [4.69, 9.17) is 45.5 Å². The maximum absolute atomic E-state index is 17.8. The first kappa shape index (κ1) is 42.5. The van der Waals surface area contributed by atoms with E-state index < -0.39 is 23.6 Å². The Labute approximate surface area is 381 Å². The molecule has 0 radical (unpaired) electrons. The van der Waals surface area contributed by atoms with E-state index in [0.717, 1.165) is 53.4 Å². The first-order chi connectivity index (χ1) is 31.6. The number of pyridine rings is 1. The highest BCUT2D eigenvalue weighted by molar-refractivity contribution is 6.37. The number of phenols is 1. The number of nitrogens with zero attached hydrogens (tertiary/aromatic N) is 6. The van der Waals surface area contributed by atoms with Crippen LogP contribution < -0.4 is 28.7 Å². The number of hydrogen-bond donors (Lipinski definition) is 1. The molecule has 65 heavy (non-hydrogen) atoms. The highest BCUT2D eigenvalue weighted by Crippen LogP contribution is 2.51. The van der Waals surface area contributed by atoms with E-state index in [1.807, 2.05) is 78.9 Å². The van der Waals surface area contributed by atoms with Gasteiger partial charge >= 0.3 is 6.01 Å². The van der Waals surface area contributed by atoms with Crippen molar-refractivity contribution >= 4 is 44.9 Å². The predicted molar refractivity (Wildman–Crippen MR) is 249 cm³/mol. The van der Waals surface area contributed by atoms with Crippen molar-refractivity contribution in [2.45, 2.75) is 57.0 Å². The Bertz CT molecular complexity index is 2840. The number of aromatic hydroxyl groups is 1. The molecule has 7 aromatic rings. The predicted octanol–water partition coefficient (Wildman–Crippen LogP) is 10.5. The third-order valence-electron chi connectivity index (χ3n) is 13.2. The summed E-state index contributed by atoms with van der Waals surface area (Å²) in [5, 5.41) is 12.6. The molecule has 3 aliphatic heterocycles. The molecular formula is C51H49ClF2N6O5. The second kappa shape index (κ2) is 17.5. The zero-order valence-electron chi connectivity index (χ0n) is 36.4. The van der Waals surface area contributed by atoms with Gasteiger partial charge in [0.25, 0.3) is 0 Å². The van der Waals surface area contributed by atoms with Crippen LogP contribution in [0.4, 0.5) is 20.4 Å². The van der Waals surface area contributed by atoms with Crippen LogP contribution in [0.1, 0.15) is 48.9 Å². The van der Waals surface area contributed by atoms with E-state index in [0.29, 0.717) is 60.1 Å². The number of methoxy groups -OCH3 is 2. The monoisotopic (exact) mass is 898 g/mol. The molecule has 0 spiro atoms. The van der Waals surface area contributed by atoms with Gasteiger partial charge in [-0.1, -0.05) is 66.2 Å². The van der Waals surface area contributed by atoms with E-state index in [-0.39, 0.29) is 46.8 Å². The minimum Gasteiger partial charge on any atom is -0.508 e. The van der Waals surface area contributed by atoms with Crippen molar-refractivity contribution < 1.29 is 32.8 Å². The van der Waals surface area contributed by atoms with Gasteiger partial charge in [-0.3, -0.25) is 4.90 Å². The summed E-state index contributed by atoms with van der Waals surface area (Å²) in [6.07, 6.45) is 2.89. The van der Waals surface area contributed by atoms with Crippen molar-refractivity contribution in [2.75, 3.05) is 56.9 Å². The van der Waals surface area contributed by atoms with E-state index >= 15 is 4.39 Å². The van der Waals surface area contributed by atoms with Crippen LogP contribution in [0.3, 0.4) is 0 Å². The van der Waals surface area contributed by atoms with Crippen LogP contribution >= 0.6 is 11.6 Å². The molecule has 11 nitrogen and oxygen atoms in total. The van der Waals surface area contributed by atoms with Crippen LogP contribution in [0, 0.1) is 5.82 Å². The number of anilines is 2. The highest BCUT2D eigenvalue weighted by Gasteiger charge is 2.49. The number of ether oxygens (including phenoxy) is 4. The molecule has 10 rings (SSSR count). The lowest BCUT2D eigenvalue weighted by atomic mass is 9.95. The molecule has 0 saturated carbocycles. The number of rotatable bonds is 13. The zero-order chi connectivity index (χ0) is 44.8. The molecule has 0 aliphatic carbocycles. The molecule has 2 saturated heterocycles. The second-order valence-electron chi connectivity index (χ2n) is 17.2. The maximum Gasteiger partial charge on any atom is 0.319 e. The van der Waals surface area contributed by atoms with Gasteiger partial charge in [0.15, 0.2) is 11.6 Å². The van der Waals surface area contributed by atoms with Crippen LogP contribution in [0.2, 0.25) is 5.02 Å². The first-order valence-corrected chi connectivity index (χ1v) is 22.3. The molecule has 5 heterocycles. The summed E-state index contributed by atoms with van der Waals surface area (Å²) in [5.74, 6) is 2.12. The summed E-state index contributed by atoms with van der Waals surface area (Å²) in [7, 11) is 3.30. The standard InChI is InChI=1S/C51H49ClF2N6O5/c1-31(39-10-6-20-55-48(39)58(27-32-11-15-37(62-2)16-12-32)28-33-13-17-38(63-3)18-14-33)60-22-23-64-47-43-46(45(54)42(44(47)52)41-25-36(61)24-34-8-4-5-9-40(34)41)56-50(57-49(43)60)65-30-51-19-7-21-59(51)29-35(53)26-51/h4-6,8-18,20,24-25,31,35,61H,7,19,21-23,26-30H2,1-3H3/t31-,35-,51+/m1/s1. The molecule has 5 aromatic carbocycles. The van der Waals surface area contributed by atoms with Crippen LogP contribution in [0.15, 0.2) is 103 Å². The van der Waals surface area contributed by atoms with Crippen LogP contribution in [-0.2, 0) is 13.1 Å². The smallest absolute Gasteiger partial charge is 0.319 e. The quantitative estimate of drug-likeness (QED) is 0.120. The Hall–Kier alpha value is -6.44. The summed E-state index contributed by atoms with van der Waals surface area (Å²) in [6.45, 7) is 4.92. The van der Waals surface area contributed by atoms with E-state index in [1.54, 1.807) is 26.5 Å². The molecule has 0 amide bonds. The van der Waals surface area contributed by atoms with Crippen LogP contribution in [-0.4, -0.2) is 83.7 Å². The summed E-state index contributed by atoms with van der Waals surface area (Å²) < 4.78 is 56.6. The third-order valence-corrected chi connectivity index (χ3v) is 13.6. The molecule has 3 atom stereocenters. The fourth-order valence-corrected chi connectivity index (χ4v) is 10.4. The van der Waals surface area contributed by atoms with Crippen molar-refractivity contribution in [3.63, 3.8) is 0 Å². The summed E-state index contributed by atoms with van der Waals surface area (Å²) in [4.78, 5) is 21.4. The average Bonchev–Trinajstić information content (AvgIpc) is 3.78. The Kier molecular flexibility index (Phi) is 11.4. The fourth-order valence-electron chi connectivity index (χ4n) is 10.0. The number of phenolic OH excluding ortho intramolecular Hbond substituents is 1. The normalized spacial score (nSPS) is 18.6. The molecule has 0 bridgehead atoms. The molecule has 0 unspecified atom stereocenters. The first-order valence-electron chi connectivity index (χ1n) is 21.9. The lowest BCUT2D eigenvalue weighted by molar-refractivity contribution is 0.107. The number of alkyl halides is 1. The van der Waals surface area contributed by atoms with Gasteiger partial charge in [0.2, 0.25) is 0 Å². The second-order valence-corrected chi connectivity index (χ2v) is 17.5. The van der Waals surface area contributed by atoms with Crippen LogP contribution in [0.5, 0.6) is 29.0 Å². The molecule has 3 aliphatic rings. The van der Waals surface area contributed by atoms with Gasteiger partial charge in [0, 0.05) is 43.4 Å². The van der Waals surface area contributed by atoms with Gasteiger partial charge in [-0.2, -0.15) is 9.97 Å². The lowest BCUT2D eigenvalue weighted by Crippen LogP contribution is -2.43. The Morgan fingerprint density at radius 1 is 0.938 bits per heavy atom. The Morgan fingerprint density at radius 2 is 1.66 bits per heavy atom. The van der Waals surface area contributed by atoms with Gasteiger partial charge in [0.05, 0.1) is 42.8 Å². The van der Waals surface area contributed by atoms with Gasteiger partial charge in [0.1, 0.15) is 53.8 Å². The van der Waals surface area contributed by atoms with Gasteiger partial charge in [-0.25, -0.2) is 13.8 Å². The van der Waals surface area contributed by atoms with Gasteiger partial charge < -0.3 is 33.9 Å². The number of fused-ring (bicyclic) bond motifs is 2. The highest BCUT2D eigenvalue weighted by atomic mass is 35.5. The third kappa shape index (κ3) is 7.94. The van der Waals surface area contributed by atoms with E-state index in [9.17, 15) is 9.50 Å². The van der Waals surface area contributed by atoms with Gasteiger partial charge in [-0.05, 0) is 96.2 Å². The molecular weight excluding hydrogens is 850 g/mol. The van der Waals surface area contributed by atoms with Gasteiger partial charge in [-0.15, -0.1) is 0 Å². The number of hydrogen-bond acceptors (Lipinski definition) is 11. The van der Waals surface area contributed by atoms with Crippen molar-refractivity contribution in [1.82, 2.24) is 19.9 Å². The molecule has 2 aromatic heterocycles. The number of benzene rings is 5. The molecule has 14 heteroatoms. The van der Waals surface area contributed by atoms with Crippen molar-refractivity contribution in [1.29, 1.82) is 0 Å². The Morgan fingerprint density at radius 3 is 2.38 bits per heavy atom. The summed E-state index contributed by atoms with van der Waals surface area (Å²) in [6, 6.07) is 30.0. The minimum absolute atomic E-state index is 0.0337. The number of halogens is 3. The minimum atomic E-state index is -0.959. The zero-order valence-corrected chi connectivity index (χ0v) is 37.2. The number of aromatic nitrogens is 3. The van der Waals surface area contributed by atoms with Crippen molar-refractivity contribution in [2.24, 2.45) is 0 Å². The van der Waals surface area contributed by atoms with E-state index in [1.165, 1.54) is 6.07 Å². The largest absolute Gasteiger partial charge is 0.508 e. The maximum atomic E-state index is 17.8. The SMILES string of the molecule is COc1ccc(CN(Cc2ccc(OC)cc2)c2ncccc2[C@@H](C)N2CCOc3c(Cl)c(-c4cc(O)cc5ccccc45)c(F)c4nc(OC[C@@]56CCCN5C[C@H](F)C6)nc2c34)cc1. The molecule has 334 valence electrons. The average molecular weight is 899 g/mol. The summed E-state index contributed by atoms with van der Waals surface area (Å²) in [5.41, 5.74) is 2.88. The molecule has 2 fully saturated rings. The van der Waals surface area contributed by atoms with E-state index in [2.05, 4.69) is 27.7 Å². The topological polar surface area (TPSA) is 106 Å². The lowest BCUT2D eigenvalue weighted by Gasteiger charge is -2.34.